The summed E-state index contributed by atoms with van der Waals surface area (Å²) in [6, 6.07) is 2.74. The number of nitrogens with zero attached hydrogens (tertiary/aromatic N) is 6. The molecule has 1 amide bonds. The summed E-state index contributed by atoms with van der Waals surface area (Å²) in [6.07, 6.45) is 6.02. The molecule has 29 heavy (non-hydrogen) atoms. The number of hydrogen-bond donors (Lipinski definition) is 1. The molecule has 9 nitrogen and oxygen atoms in total. The molecule has 5 rings (SSSR count). The standard InChI is InChI=1S/C19H18FN7O2/c1-11(28)25-6-2-3-13(10-25)27-18-14(23-19(27)29)7-22-17(24-18)15-8-21-16-5-4-12(20)9-26(15)16/h4-5,7-9,13H,2-3,6,10H2,1H3,(H,23,29). The van der Waals surface area contributed by atoms with Gasteiger partial charge in [-0.05, 0) is 25.0 Å². The summed E-state index contributed by atoms with van der Waals surface area (Å²) in [4.78, 5) is 42.1. The van der Waals surface area contributed by atoms with Crippen molar-refractivity contribution in [1.29, 1.82) is 0 Å². The molecule has 4 aromatic heterocycles. The van der Waals surface area contributed by atoms with Crippen LogP contribution >= 0.6 is 0 Å². The van der Waals surface area contributed by atoms with Crippen molar-refractivity contribution in [3.05, 3.63) is 47.0 Å². The highest BCUT2D eigenvalue weighted by Gasteiger charge is 2.26. The lowest BCUT2D eigenvalue weighted by atomic mass is 10.1. The van der Waals surface area contributed by atoms with E-state index in [1.54, 1.807) is 32.3 Å². The molecule has 5 heterocycles. The number of carbonyl (C=O) groups excluding carboxylic acids is 1. The Morgan fingerprint density at radius 2 is 2.14 bits per heavy atom. The minimum absolute atomic E-state index is 0.00865. The molecule has 1 atom stereocenters. The molecule has 0 spiro atoms. The van der Waals surface area contributed by atoms with Crippen LogP contribution in [0.5, 0.6) is 0 Å². The number of piperidine rings is 1. The molecule has 4 aromatic rings. The Balaban J connectivity index is 1.63. The van der Waals surface area contributed by atoms with Gasteiger partial charge in [0.15, 0.2) is 11.5 Å². The van der Waals surface area contributed by atoms with Gasteiger partial charge in [0, 0.05) is 26.2 Å². The molecule has 10 heteroatoms. The van der Waals surface area contributed by atoms with Crippen molar-refractivity contribution in [3.63, 3.8) is 0 Å². The summed E-state index contributed by atoms with van der Waals surface area (Å²) in [5, 5.41) is 0. The van der Waals surface area contributed by atoms with Crippen LogP contribution in [0.4, 0.5) is 4.39 Å². The molecule has 1 fully saturated rings. The number of hydrogen-bond acceptors (Lipinski definition) is 5. The molecule has 148 valence electrons. The quantitative estimate of drug-likeness (QED) is 0.557. The van der Waals surface area contributed by atoms with Crippen molar-refractivity contribution in [1.82, 2.24) is 33.8 Å². The second-order valence-electron chi connectivity index (χ2n) is 7.21. The molecule has 1 aliphatic heterocycles. The molecule has 0 saturated carbocycles. The van der Waals surface area contributed by atoms with Crippen molar-refractivity contribution in [2.45, 2.75) is 25.8 Å². The Kier molecular flexibility index (Phi) is 3.93. The first-order chi connectivity index (χ1) is 14.0. The average molecular weight is 395 g/mol. The predicted octanol–water partition coefficient (Wildman–Crippen LogP) is 1.76. The SMILES string of the molecule is CC(=O)N1CCCC(n2c(=O)[nH]c3cnc(-c4cnc5ccc(F)cn45)nc32)C1. The van der Waals surface area contributed by atoms with Crippen LogP contribution in [0.15, 0.2) is 35.5 Å². The van der Waals surface area contributed by atoms with Gasteiger partial charge in [0.1, 0.15) is 22.7 Å². The van der Waals surface area contributed by atoms with Gasteiger partial charge in [0.25, 0.3) is 0 Å². The molecule has 0 aliphatic carbocycles. The fourth-order valence-corrected chi connectivity index (χ4v) is 3.95. The van der Waals surface area contributed by atoms with Crippen LogP contribution in [0.2, 0.25) is 0 Å². The second-order valence-corrected chi connectivity index (χ2v) is 7.21. The first kappa shape index (κ1) is 17.5. The number of rotatable bonds is 2. The van der Waals surface area contributed by atoms with Crippen molar-refractivity contribution in [2.75, 3.05) is 13.1 Å². The third-order valence-corrected chi connectivity index (χ3v) is 5.36. The zero-order valence-electron chi connectivity index (χ0n) is 15.7. The lowest BCUT2D eigenvalue weighted by Gasteiger charge is -2.32. The highest BCUT2D eigenvalue weighted by atomic mass is 19.1. The van der Waals surface area contributed by atoms with Gasteiger partial charge < -0.3 is 9.88 Å². The summed E-state index contributed by atoms with van der Waals surface area (Å²) in [6.45, 7) is 2.68. The number of pyridine rings is 1. The van der Waals surface area contributed by atoms with Crippen molar-refractivity contribution < 1.29 is 9.18 Å². The van der Waals surface area contributed by atoms with E-state index in [2.05, 4.69) is 19.9 Å². The Labute approximate surface area is 163 Å². The Morgan fingerprint density at radius 1 is 1.28 bits per heavy atom. The van der Waals surface area contributed by atoms with Gasteiger partial charge in [-0.15, -0.1) is 0 Å². The number of imidazole rings is 2. The molecule has 1 saturated heterocycles. The molecular weight excluding hydrogens is 377 g/mol. The normalized spacial score (nSPS) is 17.3. The third-order valence-electron chi connectivity index (χ3n) is 5.36. The first-order valence-corrected chi connectivity index (χ1v) is 9.37. The highest BCUT2D eigenvalue weighted by molar-refractivity contribution is 5.74. The summed E-state index contributed by atoms with van der Waals surface area (Å²) in [5.41, 5.74) is 1.78. The van der Waals surface area contributed by atoms with Crippen LogP contribution in [0.25, 0.3) is 28.3 Å². The zero-order valence-corrected chi connectivity index (χ0v) is 15.7. The minimum Gasteiger partial charge on any atom is -0.341 e. The van der Waals surface area contributed by atoms with Crippen LogP contribution in [0, 0.1) is 5.82 Å². The van der Waals surface area contributed by atoms with Crippen LogP contribution < -0.4 is 5.69 Å². The lowest BCUT2D eigenvalue weighted by Crippen LogP contribution is -2.41. The lowest BCUT2D eigenvalue weighted by molar-refractivity contribution is -0.130. The molecule has 0 bridgehead atoms. The van der Waals surface area contributed by atoms with E-state index in [0.29, 0.717) is 41.4 Å². The molecular formula is C19H18FN7O2. The van der Waals surface area contributed by atoms with E-state index in [9.17, 15) is 14.0 Å². The average Bonchev–Trinajstić information content (AvgIpc) is 3.27. The fraction of sp³-hybridized carbons (Fsp3) is 0.316. The summed E-state index contributed by atoms with van der Waals surface area (Å²) in [5.74, 6) is -0.0730. The van der Waals surface area contributed by atoms with E-state index in [-0.39, 0.29) is 17.6 Å². The number of H-pyrrole nitrogens is 1. The maximum Gasteiger partial charge on any atom is 0.328 e. The monoisotopic (exact) mass is 395 g/mol. The van der Waals surface area contributed by atoms with E-state index in [1.165, 1.54) is 19.2 Å². The van der Waals surface area contributed by atoms with Gasteiger partial charge in [0.05, 0.1) is 18.4 Å². The van der Waals surface area contributed by atoms with E-state index in [1.807, 2.05) is 0 Å². The Bertz CT molecular complexity index is 1310. The van der Waals surface area contributed by atoms with E-state index in [0.717, 1.165) is 12.8 Å². The Hall–Kier alpha value is -3.56. The molecule has 0 radical (unpaired) electrons. The largest absolute Gasteiger partial charge is 0.341 e. The number of carbonyl (C=O) groups is 1. The second kappa shape index (κ2) is 6.50. The number of likely N-dealkylation sites (tertiary alicyclic amines) is 1. The number of nitrogens with one attached hydrogen (secondary N) is 1. The topological polar surface area (TPSA) is 101 Å². The highest BCUT2D eigenvalue weighted by Crippen LogP contribution is 2.25. The maximum absolute atomic E-state index is 13.7. The summed E-state index contributed by atoms with van der Waals surface area (Å²) >= 11 is 0. The van der Waals surface area contributed by atoms with Crippen LogP contribution in [-0.4, -0.2) is 52.8 Å². The van der Waals surface area contributed by atoms with Gasteiger partial charge in [-0.25, -0.2) is 24.1 Å². The van der Waals surface area contributed by atoms with Gasteiger partial charge in [-0.3, -0.25) is 13.8 Å². The molecule has 1 N–H and O–H groups in total. The number of amides is 1. The van der Waals surface area contributed by atoms with Crippen LogP contribution in [-0.2, 0) is 4.79 Å². The first-order valence-electron chi connectivity index (χ1n) is 9.37. The van der Waals surface area contributed by atoms with Crippen LogP contribution in [0.1, 0.15) is 25.8 Å². The third kappa shape index (κ3) is 2.87. The van der Waals surface area contributed by atoms with Gasteiger partial charge in [-0.1, -0.05) is 0 Å². The minimum atomic E-state index is -0.400. The number of fused-ring (bicyclic) bond motifs is 2. The van der Waals surface area contributed by atoms with Gasteiger partial charge in [0.2, 0.25) is 5.91 Å². The van der Waals surface area contributed by atoms with Crippen molar-refractivity contribution >= 4 is 22.7 Å². The number of aromatic amines is 1. The molecule has 1 unspecified atom stereocenters. The van der Waals surface area contributed by atoms with Gasteiger partial charge >= 0.3 is 5.69 Å². The van der Waals surface area contributed by atoms with Crippen molar-refractivity contribution in [3.8, 4) is 11.5 Å². The molecule has 1 aliphatic rings. The summed E-state index contributed by atoms with van der Waals surface area (Å²) < 4.78 is 16.9. The Morgan fingerprint density at radius 3 is 2.97 bits per heavy atom. The van der Waals surface area contributed by atoms with Crippen LogP contribution in [0.3, 0.4) is 0 Å². The molecule has 0 aromatic carbocycles. The zero-order chi connectivity index (χ0) is 20.1. The van der Waals surface area contributed by atoms with Gasteiger partial charge in [-0.2, -0.15) is 0 Å². The predicted molar refractivity (Wildman–Crippen MR) is 103 cm³/mol. The number of halogens is 1. The fourth-order valence-electron chi connectivity index (χ4n) is 3.95. The van der Waals surface area contributed by atoms with E-state index in [4.69, 9.17) is 0 Å². The maximum atomic E-state index is 13.7. The summed E-state index contributed by atoms with van der Waals surface area (Å²) in [7, 11) is 0. The number of aromatic nitrogens is 6. The van der Waals surface area contributed by atoms with E-state index < -0.39 is 5.82 Å². The van der Waals surface area contributed by atoms with Crippen molar-refractivity contribution in [2.24, 2.45) is 0 Å². The smallest absolute Gasteiger partial charge is 0.328 e. The van der Waals surface area contributed by atoms with E-state index >= 15 is 0 Å².